The molecule has 1 N–H and O–H groups in total. The number of aryl methyl sites for hydroxylation is 3. The average Bonchev–Trinajstić information content (AvgIpc) is 2.70. The standard InChI is InChI=1S/C10H14FN5.ClH/c1-7-9(6-15(2)14-7)12-4-8-5-13-16(3)10(8)11;/h5-6,12H,4H2,1-3H3;1H. The van der Waals surface area contributed by atoms with Crippen LogP contribution in [0.15, 0.2) is 12.4 Å². The molecular formula is C10H15ClFN5. The van der Waals surface area contributed by atoms with Crippen molar-refractivity contribution in [2.75, 3.05) is 5.32 Å². The summed E-state index contributed by atoms with van der Waals surface area (Å²) in [5.74, 6) is -0.311. The molecule has 0 atom stereocenters. The van der Waals surface area contributed by atoms with E-state index in [1.807, 2.05) is 20.2 Å². The normalized spacial score (nSPS) is 10.1. The van der Waals surface area contributed by atoms with Crippen LogP contribution in [0.4, 0.5) is 10.1 Å². The largest absolute Gasteiger partial charge is 0.378 e. The Kier molecular flexibility index (Phi) is 4.11. The van der Waals surface area contributed by atoms with E-state index in [1.165, 1.54) is 10.9 Å². The number of hydrogen-bond donors (Lipinski definition) is 1. The van der Waals surface area contributed by atoms with Gasteiger partial charge in [0.05, 0.1) is 17.6 Å². The number of nitrogens with zero attached hydrogens (tertiary/aromatic N) is 4. The van der Waals surface area contributed by atoms with Gasteiger partial charge in [-0.15, -0.1) is 12.4 Å². The fraction of sp³-hybridized carbons (Fsp3) is 0.400. The van der Waals surface area contributed by atoms with Gasteiger partial charge in [0.2, 0.25) is 5.95 Å². The molecule has 0 saturated heterocycles. The number of hydrogen-bond acceptors (Lipinski definition) is 3. The highest BCUT2D eigenvalue weighted by atomic mass is 35.5. The molecule has 17 heavy (non-hydrogen) atoms. The summed E-state index contributed by atoms with van der Waals surface area (Å²) in [7, 11) is 3.43. The van der Waals surface area contributed by atoms with Crippen LogP contribution >= 0.6 is 12.4 Å². The third-order valence-corrected chi connectivity index (χ3v) is 2.42. The Labute approximate surface area is 105 Å². The van der Waals surface area contributed by atoms with Crippen molar-refractivity contribution < 1.29 is 4.39 Å². The number of anilines is 1. The van der Waals surface area contributed by atoms with Gasteiger partial charge in [-0.05, 0) is 6.92 Å². The minimum absolute atomic E-state index is 0. The molecule has 7 heteroatoms. The quantitative estimate of drug-likeness (QED) is 0.912. The SMILES string of the molecule is Cc1nn(C)cc1NCc1cnn(C)c1F.Cl. The summed E-state index contributed by atoms with van der Waals surface area (Å²) in [6, 6.07) is 0. The van der Waals surface area contributed by atoms with Gasteiger partial charge in [-0.3, -0.25) is 4.68 Å². The van der Waals surface area contributed by atoms with Gasteiger partial charge in [0.1, 0.15) is 0 Å². The fourth-order valence-electron chi connectivity index (χ4n) is 1.55. The molecule has 2 heterocycles. The van der Waals surface area contributed by atoms with Crippen molar-refractivity contribution in [3.63, 3.8) is 0 Å². The van der Waals surface area contributed by atoms with E-state index in [2.05, 4.69) is 15.5 Å². The van der Waals surface area contributed by atoms with Crippen molar-refractivity contribution in [2.45, 2.75) is 13.5 Å². The Morgan fingerprint density at radius 3 is 2.59 bits per heavy atom. The van der Waals surface area contributed by atoms with E-state index in [9.17, 15) is 4.39 Å². The maximum Gasteiger partial charge on any atom is 0.216 e. The van der Waals surface area contributed by atoms with Crippen molar-refractivity contribution >= 4 is 18.1 Å². The van der Waals surface area contributed by atoms with Crippen LogP contribution in [0.1, 0.15) is 11.3 Å². The van der Waals surface area contributed by atoms with Gasteiger partial charge in [-0.1, -0.05) is 0 Å². The summed E-state index contributed by atoms with van der Waals surface area (Å²) in [4.78, 5) is 0. The maximum absolute atomic E-state index is 13.4. The van der Waals surface area contributed by atoms with Crippen LogP contribution in [0.5, 0.6) is 0 Å². The predicted octanol–water partition coefficient (Wildman–Crippen LogP) is 1.64. The van der Waals surface area contributed by atoms with Crippen LogP contribution in [0, 0.1) is 12.9 Å². The molecule has 0 unspecified atom stereocenters. The Balaban J connectivity index is 0.00000144. The summed E-state index contributed by atoms with van der Waals surface area (Å²) in [6.07, 6.45) is 3.39. The van der Waals surface area contributed by atoms with Crippen LogP contribution in [-0.4, -0.2) is 19.6 Å². The van der Waals surface area contributed by atoms with E-state index in [-0.39, 0.29) is 18.4 Å². The van der Waals surface area contributed by atoms with E-state index < -0.39 is 0 Å². The molecule has 0 aliphatic carbocycles. The molecule has 0 saturated carbocycles. The Bertz CT molecular complexity index is 503. The summed E-state index contributed by atoms with van der Waals surface area (Å²) in [5.41, 5.74) is 2.35. The van der Waals surface area contributed by atoms with Crippen molar-refractivity contribution in [2.24, 2.45) is 14.1 Å². The molecule has 0 spiro atoms. The van der Waals surface area contributed by atoms with Gasteiger partial charge in [-0.2, -0.15) is 14.6 Å². The second-order valence-electron chi connectivity index (χ2n) is 3.74. The second-order valence-corrected chi connectivity index (χ2v) is 3.74. The Morgan fingerprint density at radius 2 is 2.12 bits per heavy atom. The zero-order valence-electron chi connectivity index (χ0n) is 9.94. The van der Waals surface area contributed by atoms with Crippen molar-refractivity contribution in [3.8, 4) is 0 Å². The molecule has 2 aromatic heterocycles. The van der Waals surface area contributed by atoms with E-state index in [1.54, 1.807) is 11.7 Å². The van der Waals surface area contributed by atoms with Gasteiger partial charge < -0.3 is 5.32 Å². The lowest BCUT2D eigenvalue weighted by Gasteiger charge is -2.02. The Morgan fingerprint density at radius 1 is 1.41 bits per heavy atom. The van der Waals surface area contributed by atoms with Crippen LogP contribution < -0.4 is 5.32 Å². The summed E-state index contributed by atoms with van der Waals surface area (Å²) in [5, 5.41) is 11.2. The molecule has 0 amide bonds. The first-order valence-corrected chi connectivity index (χ1v) is 4.98. The van der Waals surface area contributed by atoms with Crippen LogP contribution in [0.2, 0.25) is 0 Å². The highest BCUT2D eigenvalue weighted by Crippen LogP contribution is 2.14. The monoisotopic (exact) mass is 259 g/mol. The van der Waals surface area contributed by atoms with Gasteiger partial charge in [0.25, 0.3) is 0 Å². The van der Waals surface area contributed by atoms with Crippen LogP contribution in [0.25, 0.3) is 0 Å². The minimum atomic E-state index is -0.311. The van der Waals surface area contributed by atoms with Crippen LogP contribution in [-0.2, 0) is 20.6 Å². The smallest absolute Gasteiger partial charge is 0.216 e. The van der Waals surface area contributed by atoms with E-state index in [0.29, 0.717) is 12.1 Å². The molecule has 0 aliphatic rings. The number of halogens is 2. The first kappa shape index (κ1) is 13.5. The molecule has 0 fully saturated rings. The molecule has 0 aromatic carbocycles. The highest BCUT2D eigenvalue weighted by Gasteiger charge is 2.08. The van der Waals surface area contributed by atoms with E-state index in [4.69, 9.17) is 0 Å². The van der Waals surface area contributed by atoms with E-state index in [0.717, 1.165) is 11.4 Å². The van der Waals surface area contributed by atoms with Gasteiger partial charge in [0, 0.05) is 32.4 Å². The number of nitrogens with one attached hydrogen (secondary N) is 1. The molecule has 0 radical (unpaired) electrons. The molecule has 0 aliphatic heterocycles. The first-order valence-electron chi connectivity index (χ1n) is 4.98. The zero-order chi connectivity index (χ0) is 11.7. The summed E-state index contributed by atoms with van der Waals surface area (Å²) in [6.45, 7) is 2.31. The molecule has 2 aromatic rings. The van der Waals surface area contributed by atoms with Crippen molar-refractivity contribution in [1.29, 1.82) is 0 Å². The van der Waals surface area contributed by atoms with Crippen LogP contribution in [0.3, 0.4) is 0 Å². The van der Waals surface area contributed by atoms with E-state index >= 15 is 0 Å². The average molecular weight is 260 g/mol. The number of aromatic nitrogens is 4. The second kappa shape index (κ2) is 5.18. The molecule has 0 bridgehead atoms. The third-order valence-electron chi connectivity index (χ3n) is 2.42. The van der Waals surface area contributed by atoms with Crippen molar-refractivity contribution in [3.05, 3.63) is 29.6 Å². The Hall–Kier alpha value is -1.56. The van der Waals surface area contributed by atoms with Crippen molar-refractivity contribution in [1.82, 2.24) is 19.6 Å². The molecule has 2 rings (SSSR count). The molecule has 94 valence electrons. The van der Waals surface area contributed by atoms with Gasteiger partial charge in [-0.25, -0.2) is 4.68 Å². The number of rotatable bonds is 3. The minimum Gasteiger partial charge on any atom is -0.378 e. The maximum atomic E-state index is 13.4. The first-order chi connectivity index (χ1) is 7.58. The lowest BCUT2D eigenvalue weighted by molar-refractivity contribution is 0.496. The molecular weight excluding hydrogens is 245 g/mol. The summed E-state index contributed by atoms with van der Waals surface area (Å²) < 4.78 is 16.3. The lowest BCUT2D eigenvalue weighted by atomic mass is 10.3. The third kappa shape index (κ3) is 2.76. The lowest BCUT2D eigenvalue weighted by Crippen LogP contribution is -2.02. The van der Waals surface area contributed by atoms with Gasteiger partial charge >= 0.3 is 0 Å². The highest BCUT2D eigenvalue weighted by molar-refractivity contribution is 5.85. The predicted molar refractivity (Wildman–Crippen MR) is 65.7 cm³/mol. The zero-order valence-corrected chi connectivity index (χ0v) is 10.8. The fourth-order valence-corrected chi connectivity index (χ4v) is 1.55. The van der Waals surface area contributed by atoms with Gasteiger partial charge in [0.15, 0.2) is 0 Å². The topological polar surface area (TPSA) is 47.7 Å². The molecule has 5 nitrogen and oxygen atoms in total. The summed E-state index contributed by atoms with van der Waals surface area (Å²) >= 11 is 0.